The molecule has 0 spiro atoms. The molecule has 1 aliphatic heterocycles. The van der Waals surface area contributed by atoms with Gasteiger partial charge < -0.3 is 21.3 Å². The Morgan fingerprint density at radius 2 is 1.84 bits per heavy atom. The average Bonchev–Trinajstić information content (AvgIpc) is 3.51. The van der Waals surface area contributed by atoms with Gasteiger partial charge in [0.15, 0.2) is 0 Å². The molecule has 8 nitrogen and oxygen atoms in total. The van der Waals surface area contributed by atoms with Gasteiger partial charge in [0, 0.05) is 13.0 Å². The van der Waals surface area contributed by atoms with Crippen LogP contribution < -0.4 is 62.0 Å². The Hall–Kier alpha value is -1.14. The summed E-state index contributed by atoms with van der Waals surface area (Å²) in [6, 6.07) is 6.64. The molecule has 0 saturated carbocycles. The van der Waals surface area contributed by atoms with E-state index < -0.39 is 17.5 Å². The molecule has 1 aromatic heterocycles. The Balaban J connectivity index is 0.00000507. The molecule has 1 fully saturated rings. The number of rotatable bonds is 10. The van der Waals surface area contributed by atoms with E-state index in [1.165, 1.54) is 0 Å². The molecule has 3 N–H and O–H groups in total. The molecule has 2 aromatic rings. The van der Waals surface area contributed by atoms with Crippen LogP contribution in [0.3, 0.4) is 0 Å². The third kappa shape index (κ3) is 8.68. The quantitative estimate of drug-likeness (QED) is 0.339. The largest absolute Gasteiger partial charge is 1.00 e. The smallest absolute Gasteiger partial charge is 0.677 e. The number of carbonyl (C=O) groups is 3. The third-order valence-electron chi connectivity index (χ3n) is 6.86. The van der Waals surface area contributed by atoms with Crippen LogP contribution in [0.1, 0.15) is 77.1 Å². The summed E-state index contributed by atoms with van der Waals surface area (Å²) in [6.45, 7) is 10.5. The summed E-state index contributed by atoms with van der Waals surface area (Å²) in [4.78, 5) is 46.5. The van der Waals surface area contributed by atoms with E-state index in [0.29, 0.717) is 32.2 Å². The van der Waals surface area contributed by atoms with Gasteiger partial charge in [-0.15, -0.1) is 11.3 Å². The summed E-state index contributed by atoms with van der Waals surface area (Å²) in [5.41, 5.74) is 11.7. The second kappa shape index (κ2) is 15.0. The molecule has 38 heavy (non-hydrogen) atoms. The van der Waals surface area contributed by atoms with E-state index in [1.54, 1.807) is 16.2 Å². The Morgan fingerprint density at radius 1 is 1.16 bits per heavy atom. The zero-order chi connectivity index (χ0) is 27.2. The van der Waals surface area contributed by atoms with Crippen LogP contribution in [0.25, 0.3) is 16.2 Å². The number of benzene rings is 1. The van der Waals surface area contributed by atoms with Crippen molar-refractivity contribution in [1.29, 1.82) is 0 Å². The zero-order valence-electron chi connectivity index (χ0n) is 23.6. The van der Waals surface area contributed by atoms with E-state index in [-0.39, 0.29) is 81.7 Å². The van der Waals surface area contributed by atoms with Gasteiger partial charge in [0.2, 0.25) is 17.7 Å². The number of amides is 3. The van der Waals surface area contributed by atoms with Crippen molar-refractivity contribution >= 4 is 29.1 Å². The number of likely N-dealkylation sites (tertiary alicyclic amines) is 1. The maximum absolute atomic E-state index is 13.6. The van der Waals surface area contributed by atoms with E-state index in [4.69, 9.17) is 5.73 Å². The number of unbranched alkanes of at least 4 members (excludes halogenated alkanes) is 1. The maximum Gasteiger partial charge on any atom is 1.00 e. The minimum absolute atomic E-state index is 0. The van der Waals surface area contributed by atoms with Crippen molar-refractivity contribution in [3.8, 4) is 10.4 Å². The fourth-order valence-electron chi connectivity index (χ4n) is 4.66. The molecule has 1 aliphatic rings. The van der Waals surface area contributed by atoms with Crippen LogP contribution in [-0.2, 0) is 14.4 Å². The molecule has 0 bridgehead atoms. The molecule has 3 unspecified atom stereocenters. The van der Waals surface area contributed by atoms with E-state index in [2.05, 4.69) is 15.6 Å². The second-order valence-electron chi connectivity index (χ2n) is 10.9. The normalized spacial score (nSPS) is 16.9. The SMILES string of the molecule is Cc1ncsc1-c1ccc(C(C)NC(=O)C2CCCN2C(=O)C(NC(=O)CCCC[NH-])C(C)(C)C)cc1.[K+]. The molecule has 3 atom stereocenters. The minimum atomic E-state index is -0.718. The van der Waals surface area contributed by atoms with E-state index in [0.717, 1.165) is 28.1 Å². The van der Waals surface area contributed by atoms with Crippen LogP contribution in [0.5, 0.6) is 0 Å². The monoisotopic (exact) mass is 565 g/mol. The van der Waals surface area contributed by atoms with Gasteiger partial charge in [-0.2, -0.15) is 6.54 Å². The van der Waals surface area contributed by atoms with Crippen molar-refractivity contribution in [2.45, 2.75) is 84.8 Å². The summed E-state index contributed by atoms with van der Waals surface area (Å²) in [5.74, 6) is -0.571. The topological polar surface area (TPSA) is 115 Å². The Kier molecular flexibility index (Phi) is 13.1. The van der Waals surface area contributed by atoms with Crippen LogP contribution in [0, 0.1) is 12.3 Å². The standard InChI is InChI=1S/C28H40N5O3S.K/c1-18(20-11-13-21(14-12-20)24-19(2)30-17-37-24)31-26(35)22-9-8-16-33(22)27(36)25(28(3,4)5)32-23(34)10-6-7-15-29;/h11-14,17-18,22,25,29H,6-10,15-16H2,1-5H3,(H,31,35)(H,32,34);/q-1;+1. The average molecular weight is 566 g/mol. The summed E-state index contributed by atoms with van der Waals surface area (Å²) < 4.78 is 0. The van der Waals surface area contributed by atoms with E-state index >= 15 is 0 Å². The predicted octanol–water partition coefficient (Wildman–Crippen LogP) is 2.04. The van der Waals surface area contributed by atoms with Crippen molar-refractivity contribution in [3.63, 3.8) is 0 Å². The van der Waals surface area contributed by atoms with Gasteiger partial charge >= 0.3 is 51.4 Å². The summed E-state index contributed by atoms with van der Waals surface area (Å²) in [7, 11) is 0. The van der Waals surface area contributed by atoms with Gasteiger partial charge in [0.25, 0.3) is 0 Å². The molecular formula is C28H40KN5O3S. The van der Waals surface area contributed by atoms with Crippen LogP contribution in [0.2, 0.25) is 0 Å². The zero-order valence-corrected chi connectivity index (χ0v) is 27.5. The molecule has 2 heterocycles. The fourth-order valence-corrected chi connectivity index (χ4v) is 5.47. The first-order valence-electron chi connectivity index (χ1n) is 13.1. The summed E-state index contributed by atoms with van der Waals surface area (Å²) in [5, 5.41) is 6.01. The van der Waals surface area contributed by atoms with Crippen LogP contribution in [0.15, 0.2) is 29.8 Å². The maximum atomic E-state index is 13.6. The molecular weight excluding hydrogens is 526 g/mol. The van der Waals surface area contributed by atoms with Crippen molar-refractivity contribution in [2.24, 2.45) is 5.41 Å². The number of carbonyl (C=O) groups excluding carboxylic acids is 3. The van der Waals surface area contributed by atoms with Crippen LogP contribution in [-0.4, -0.2) is 52.8 Å². The number of aryl methyl sites for hydroxylation is 1. The molecule has 1 saturated heterocycles. The van der Waals surface area contributed by atoms with Gasteiger partial charge in [-0.1, -0.05) is 51.5 Å². The van der Waals surface area contributed by atoms with Gasteiger partial charge in [0.1, 0.15) is 12.1 Å². The predicted molar refractivity (Wildman–Crippen MR) is 148 cm³/mol. The first-order valence-corrected chi connectivity index (χ1v) is 14.0. The Labute approximate surface area is 273 Å². The van der Waals surface area contributed by atoms with Crippen molar-refractivity contribution in [1.82, 2.24) is 20.5 Å². The second-order valence-corrected chi connectivity index (χ2v) is 11.7. The van der Waals surface area contributed by atoms with E-state index in [9.17, 15) is 14.4 Å². The van der Waals surface area contributed by atoms with Gasteiger partial charge in [0.05, 0.1) is 22.1 Å². The molecule has 0 radical (unpaired) electrons. The number of aromatic nitrogens is 1. The number of thiazole rings is 1. The van der Waals surface area contributed by atoms with Gasteiger partial charge in [-0.05, 0) is 49.7 Å². The fraction of sp³-hybridized carbons (Fsp3) is 0.571. The third-order valence-corrected chi connectivity index (χ3v) is 7.84. The molecule has 202 valence electrons. The number of hydrogen-bond acceptors (Lipinski definition) is 5. The Bertz CT molecular complexity index is 1080. The summed E-state index contributed by atoms with van der Waals surface area (Å²) >= 11 is 1.61. The Morgan fingerprint density at radius 3 is 2.42 bits per heavy atom. The first-order chi connectivity index (χ1) is 17.5. The number of nitrogens with zero attached hydrogens (tertiary/aromatic N) is 2. The van der Waals surface area contributed by atoms with Crippen LogP contribution in [0.4, 0.5) is 0 Å². The van der Waals surface area contributed by atoms with Crippen molar-refractivity contribution in [2.75, 3.05) is 13.1 Å². The van der Waals surface area contributed by atoms with Gasteiger partial charge in [-0.25, -0.2) is 4.98 Å². The van der Waals surface area contributed by atoms with Crippen molar-refractivity contribution in [3.05, 3.63) is 46.8 Å². The molecule has 1 aromatic carbocycles. The van der Waals surface area contributed by atoms with E-state index in [1.807, 2.05) is 64.4 Å². The van der Waals surface area contributed by atoms with Crippen LogP contribution >= 0.6 is 11.3 Å². The molecule has 0 aliphatic carbocycles. The van der Waals surface area contributed by atoms with Crippen molar-refractivity contribution < 1.29 is 65.8 Å². The number of nitrogens with one attached hydrogen (secondary N) is 3. The number of hydrogen-bond donors (Lipinski definition) is 2. The van der Waals surface area contributed by atoms with Gasteiger partial charge in [-0.3, -0.25) is 14.4 Å². The molecule has 3 amide bonds. The molecule has 10 heteroatoms. The first kappa shape index (κ1) is 33.1. The minimum Gasteiger partial charge on any atom is -0.677 e. The molecule has 3 rings (SSSR count). The summed E-state index contributed by atoms with van der Waals surface area (Å²) in [6.07, 6.45) is 2.92.